The number of ether oxygens (including phenoxy) is 1. The number of pyridine rings is 2. The number of alkyl halides is 1. The zero-order valence-electron chi connectivity index (χ0n) is 8.85. The Balaban J connectivity index is 2.30. The first kappa shape index (κ1) is 10.9. The van der Waals surface area contributed by atoms with E-state index in [2.05, 4.69) is 9.97 Å². The number of aryl methyl sites for hydroxylation is 1. The molecule has 0 N–H and O–H groups in total. The molecule has 0 fully saturated rings. The Morgan fingerprint density at radius 3 is 2.88 bits per heavy atom. The minimum absolute atomic E-state index is 0.400. The Kier molecular flexibility index (Phi) is 3.37. The van der Waals surface area contributed by atoms with E-state index in [1.165, 1.54) is 0 Å². The summed E-state index contributed by atoms with van der Waals surface area (Å²) >= 11 is 5.81. The highest BCUT2D eigenvalue weighted by Crippen LogP contribution is 2.26. The van der Waals surface area contributed by atoms with E-state index < -0.39 is 0 Å². The second-order valence-corrected chi connectivity index (χ2v) is 3.57. The molecule has 2 aromatic heterocycles. The molecule has 0 bridgehead atoms. The maximum absolute atomic E-state index is 5.81. The maximum atomic E-state index is 5.81. The normalized spacial score (nSPS) is 10.1. The van der Waals surface area contributed by atoms with E-state index >= 15 is 0 Å². The molecule has 0 aliphatic carbocycles. The van der Waals surface area contributed by atoms with Crippen molar-refractivity contribution in [3.8, 4) is 11.5 Å². The molecular weight excluding hydrogens is 224 g/mol. The molecule has 3 nitrogen and oxygen atoms in total. The third kappa shape index (κ3) is 2.31. The van der Waals surface area contributed by atoms with Crippen LogP contribution < -0.4 is 4.74 Å². The van der Waals surface area contributed by atoms with Gasteiger partial charge in [-0.05, 0) is 25.1 Å². The first-order valence-corrected chi connectivity index (χ1v) is 5.43. The second-order valence-electron chi connectivity index (χ2n) is 3.31. The molecule has 82 valence electrons. The summed E-state index contributed by atoms with van der Waals surface area (Å²) in [7, 11) is 0. The van der Waals surface area contributed by atoms with Crippen LogP contribution in [-0.4, -0.2) is 9.97 Å². The summed E-state index contributed by atoms with van der Waals surface area (Å²) in [4.78, 5) is 8.17. The molecule has 16 heavy (non-hydrogen) atoms. The number of nitrogens with zero attached hydrogens (tertiary/aromatic N) is 2. The Morgan fingerprint density at radius 2 is 2.12 bits per heavy atom. The minimum atomic E-state index is 0.400. The Hall–Kier alpha value is -1.61. The monoisotopic (exact) mass is 234 g/mol. The minimum Gasteiger partial charge on any atom is -0.454 e. The molecule has 0 unspecified atom stereocenters. The predicted octanol–water partition coefficient (Wildman–Crippen LogP) is 3.32. The molecule has 0 saturated heterocycles. The van der Waals surface area contributed by atoms with Crippen LogP contribution in [0.2, 0.25) is 0 Å². The third-order valence-corrected chi connectivity index (χ3v) is 2.48. The predicted molar refractivity (Wildman–Crippen MR) is 62.8 cm³/mol. The fraction of sp³-hybridized carbons (Fsp3) is 0.167. The molecular formula is C12H11ClN2O. The van der Waals surface area contributed by atoms with Gasteiger partial charge in [-0.15, -0.1) is 11.6 Å². The molecule has 2 aromatic rings. The second kappa shape index (κ2) is 4.94. The van der Waals surface area contributed by atoms with Crippen molar-refractivity contribution >= 4 is 11.6 Å². The lowest BCUT2D eigenvalue weighted by molar-refractivity contribution is 0.469. The lowest BCUT2D eigenvalue weighted by atomic mass is 10.3. The highest BCUT2D eigenvalue weighted by atomic mass is 35.5. The van der Waals surface area contributed by atoms with Crippen molar-refractivity contribution in [3.63, 3.8) is 0 Å². The molecule has 0 atom stereocenters. The zero-order valence-corrected chi connectivity index (χ0v) is 9.61. The van der Waals surface area contributed by atoms with E-state index in [1.807, 2.05) is 25.1 Å². The van der Waals surface area contributed by atoms with Crippen LogP contribution in [0.1, 0.15) is 11.3 Å². The topological polar surface area (TPSA) is 35.0 Å². The van der Waals surface area contributed by atoms with Gasteiger partial charge in [-0.1, -0.05) is 0 Å². The quantitative estimate of drug-likeness (QED) is 0.765. The Labute approximate surface area is 99.1 Å². The van der Waals surface area contributed by atoms with Crippen molar-refractivity contribution in [1.82, 2.24) is 9.97 Å². The molecule has 0 aliphatic heterocycles. The van der Waals surface area contributed by atoms with Crippen LogP contribution in [0.25, 0.3) is 0 Å². The number of rotatable bonds is 3. The van der Waals surface area contributed by atoms with Crippen LogP contribution in [-0.2, 0) is 5.88 Å². The smallest absolute Gasteiger partial charge is 0.150 e. The number of aromatic nitrogens is 2. The van der Waals surface area contributed by atoms with Crippen molar-refractivity contribution in [2.45, 2.75) is 12.8 Å². The van der Waals surface area contributed by atoms with Gasteiger partial charge in [0.2, 0.25) is 0 Å². The standard InChI is InChI=1S/C12H11ClN2O/c1-9-11(3-2-5-15-9)16-12-8-14-6-4-10(12)7-13/h2-6,8H,7H2,1H3. The zero-order chi connectivity index (χ0) is 11.4. The fourth-order valence-corrected chi connectivity index (χ4v) is 1.53. The van der Waals surface area contributed by atoms with Gasteiger partial charge in [0.05, 0.1) is 17.8 Å². The van der Waals surface area contributed by atoms with Gasteiger partial charge in [-0.25, -0.2) is 0 Å². The van der Waals surface area contributed by atoms with Gasteiger partial charge < -0.3 is 4.74 Å². The van der Waals surface area contributed by atoms with Crippen LogP contribution in [0.4, 0.5) is 0 Å². The van der Waals surface area contributed by atoms with Crippen LogP contribution in [0.15, 0.2) is 36.8 Å². The average Bonchev–Trinajstić information content (AvgIpc) is 2.33. The van der Waals surface area contributed by atoms with E-state index in [0.717, 1.165) is 17.0 Å². The van der Waals surface area contributed by atoms with Gasteiger partial charge in [0, 0.05) is 18.0 Å². The molecule has 0 amide bonds. The average molecular weight is 235 g/mol. The van der Waals surface area contributed by atoms with Crippen LogP contribution >= 0.6 is 11.6 Å². The molecule has 4 heteroatoms. The number of hydrogen-bond acceptors (Lipinski definition) is 3. The summed E-state index contributed by atoms with van der Waals surface area (Å²) in [6, 6.07) is 5.54. The van der Waals surface area contributed by atoms with E-state index in [4.69, 9.17) is 16.3 Å². The largest absolute Gasteiger partial charge is 0.454 e. The van der Waals surface area contributed by atoms with Gasteiger partial charge >= 0.3 is 0 Å². The lowest BCUT2D eigenvalue weighted by Gasteiger charge is -2.09. The van der Waals surface area contributed by atoms with Crippen LogP contribution in [0.3, 0.4) is 0 Å². The van der Waals surface area contributed by atoms with E-state index in [0.29, 0.717) is 11.6 Å². The van der Waals surface area contributed by atoms with Gasteiger partial charge in [0.15, 0.2) is 0 Å². The van der Waals surface area contributed by atoms with Crippen molar-refractivity contribution in [3.05, 3.63) is 48.0 Å². The summed E-state index contributed by atoms with van der Waals surface area (Å²) in [6.07, 6.45) is 5.08. The summed E-state index contributed by atoms with van der Waals surface area (Å²) < 4.78 is 5.72. The van der Waals surface area contributed by atoms with Crippen molar-refractivity contribution in [2.24, 2.45) is 0 Å². The van der Waals surface area contributed by atoms with E-state index in [1.54, 1.807) is 18.6 Å². The summed E-state index contributed by atoms with van der Waals surface area (Å²) in [5.74, 6) is 1.80. The highest BCUT2D eigenvalue weighted by molar-refractivity contribution is 6.17. The van der Waals surface area contributed by atoms with Gasteiger partial charge in [-0.2, -0.15) is 0 Å². The molecule has 0 spiro atoms. The summed E-state index contributed by atoms with van der Waals surface area (Å²) in [6.45, 7) is 1.89. The SMILES string of the molecule is Cc1ncccc1Oc1cnccc1CCl. The molecule has 0 aliphatic rings. The Morgan fingerprint density at radius 1 is 1.25 bits per heavy atom. The lowest BCUT2D eigenvalue weighted by Crippen LogP contribution is -1.93. The fourth-order valence-electron chi connectivity index (χ4n) is 1.31. The van der Waals surface area contributed by atoms with Gasteiger partial charge in [0.25, 0.3) is 0 Å². The van der Waals surface area contributed by atoms with Gasteiger partial charge in [0.1, 0.15) is 11.5 Å². The van der Waals surface area contributed by atoms with E-state index in [9.17, 15) is 0 Å². The first-order valence-electron chi connectivity index (χ1n) is 4.89. The van der Waals surface area contributed by atoms with E-state index in [-0.39, 0.29) is 0 Å². The maximum Gasteiger partial charge on any atom is 0.150 e. The summed E-state index contributed by atoms with van der Waals surface area (Å²) in [5, 5.41) is 0. The number of halogens is 1. The summed E-state index contributed by atoms with van der Waals surface area (Å²) in [5.41, 5.74) is 1.76. The van der Waals surface area contributed by atoms with Crippen LogP contribution in [0.5, 0.6) is 11.5 Å². The van der Waals surface area contributed by atoms with Crippen molar-refractivity contribution < 1.29 is 4.74 Å². The molecule has 0 radical (unpaired) electrons. The number of hydrogen-bond donors (Lipinski definition) is 0. The molecule has 2 rings (SSSR count). The van der Waals surface area contributed by atoms with Crippen LogP contribution in [0, 0.1) is 6.92 Å². The molecule has 0 aromatic carbocycles. The Bertz CT molecular complexity index is 488. The van der Waals surface area contributed by atoms with Crippen molar-refractivity contribution in [1.29, 1.82) is 0 Å². The highest BCUT2D eigenvalue weighted by Gasteiger charge is 2.05. The first-order chi connectivity index (χ1) is 7.81. The van der Waals surface area contributed by atoms with Crippen molar-refractivity contribution in [2.75, 3.05) is 0 Å². The van der Waals surface area contributed by atoms with Gasteiger partial charge in [-0.3, -0.25) is 9.97 Å². The molecule has 0 saturated carbocycles. The molecule has 2 heterocycles. The third-order valence-electron chi connectivity index (χ3n) is 2.19.